The van der Waals surface area contributed by atoms with E-state index in [-0.39, 0.29) is 5.91 Å². The molecule has 0 N–H and O–H groups in total. The van der Waals surface area contributed by atoms with Crippen molar-refractivity contribution in [3.63, 3.8) is 0 Å². The van der Waals surface area contributed by atoms with Crippen LogP contribution in [-0.2, 0) is 0 Å². The monoisotopic (exact) mass is 323 g/mol. The van der Waals surface area contributed by atoms with E-state index in [1.165, 1.54) is 0 Å². The molecule has 2 rings (SSSR count). The number of carbonyl (C=O) groups is 1. The fourth-order valence-corrected chi connectivity index (χ4v) is 3.06. The second-order valence-electron chi connectivity index (χ2n) is 5.84. The van der Waals surface area contributed by atoms with Crippen molar-refractivity contribution in [1.82, 2.24) is 4.90 Å². The van der Waals surface area contributed by atoms with Crippen LogP contribution in [0.25, 0.3) is 0 Å². The van der Waals surface area contributed by atoms with Gasteiger partial charge in [-0.05, 0) is 49.3 Å². The molecule has 1 amide bonds. The Labute approximate surface area is 124 Å². The van der Waals surface area contributed by atoms with Gasteiger partial charge in [0, 0.05) is 23.1 Å². The summed E-state index contributed by atoms with van der Waals surface area (Å²) in [5.74, 6) is 1.67. The highest BCUT2D eigenvalue weighted by molar-refractivity contribution is 9.10. The summed E-state index contributed by atoms with van der Waals surface area (Å²) >= 11 is 3.50. The van der Waals surface area contributed by atoms with Gasteiger partial charge in [-0.2, -0.15) is 0 Å². The maximum atomic E-state index is 12.4. The van der Waals surface area contributed by atoms with Gasteiger partial charge in [0.05, 0.1) is 0 Å². The van der Waals surface area contributed by atoms with Gasteiger partial charge in [0.2, 0.25) is 0 Å². The van der Waals surface area contributed by atoms with E-state index in [4.69, 9.17) is 0 Å². The molecule has 0 saturated carbocycles. The quantitative estimate of drug-likeness (QED) is 0.796. The van der Waals surface area contributed by atoms with Crippen molar-refractivity contribution in [2.75, 3.05) is 13.1 Å². The number of rotatable bonds is 2. The van der Waals surface area contributed by atoms with Crippen molar-refractivity contribution >= 4 is 21.8 Å². The number of nitrogens with zero attached hydrogens (tertiary/aromatic N) is 1. The van der Waals surface area contributed by atoms with E-state index in [0.717, 1.165) is 53.4 Å². The lowest BCUT2D eigenvalue weighted by Gasteiger charge is -2.34. The molecule has 104 valence electrons. The number of carbonyl (C=O) groups excluding carboxylic acids is 1. The summed E-state index contributed by atoms with van der Waals surface area (Å²) in [5, 5.41) is 0. The lowest BCUT2D eigenvalue weighted by Crippen LogP contribution is -2.39. The zero-order chi connectivity index (χ0) is 14.0. The summed E-state index contributed by atoms with van der Waals surface area (Å²) < 4.78 is 1.01. The predicted molar refractivity (Wildman–Crippen MR) is 82.3 cm³/mol. The Kier molecular flexibility index (Phi) is 4.67. The Bertz CT molecular complexity index is 462. The van der Waals surface area contributed by atoms with Crippen LogP contribution < -0.4 is 0 Å². The topological polar surface area (TPSA) is 20.3 Å². The summed E-state index contributed by atoms with van der Waals surface area (Å²) in [6, 6.07) is 5.86. The van der Waals surface area contributed by atoms with E-state index in [1.807, 2.05) is 30.0 Å². The highest BCUT2D eigenvalue weighted by atomic mass is 79.9. The molecule has 1 aliphatic heterocycles. The molecule has 0 radical (unpaired) electrons. The molecule has 3 heteroatoms. The van der Waals surface area contributed by atoms with Gasteiger partial charge in [0.1, 0.15) is 0 Å². The number of piperidine rings is 1. The molecule has 0 unspecified atom stereocenters. The largest absolute Gasteiger partial charge is 0.339 e. The van der Waals surface area contributed by atoms with Crippen LogP contribution in [0.2, 0.25) is 0 Å². The summed E-state index contributed by atoms with van der Waals surface area (Å²) in [5.41, 5.74) is 1.95. The van der Waals surface area contributed by atoms with Crippen molar-refractivity contribution in [2.45, 2.75) is 33.6 Å². The van der Waals surface area contributed by atoms with Gasteiger partial charge in [-0.25, -0.2) is 0 Å². The van der Waals surface area contributed by atoms with Crippen molar-refractivity contribution in [3.8, 4) is 0 Å². The standard InChI is InChI=1S/C16H22BrNO/c1-11(2)13-6-8-18(9-7-13)16(19)14-5-4-12(3)15(17)10-14/h4-5,10-11,13H,6-9H2,1-3H3. The van der Waals surface area contributed by atoms with E-state index in [9.17, 15) is 4.79 Å². The molecule has 1 heterocycles. The third kappa shape index (κ3) is 3.38. The number of halogens is 1. The van der Waals surface area contributed by atoms with E-state index in [1.54, 1.807) is 0 Å². The van der Waals surface area contributed by atoms with Crippen LogP contribution in [0.3, 0.4) is 0 Å². The molecule has 0 bridgehead atoms. The number of likely N-dealkylation sites (tertiary alicyclic amines) is 1. The zero-order valence-electron chi connectivity index (χ0n) is 11.9. The molecule has 19 heavy (non-hydrogen) atoms. The molecular formula is C16H22BrNO. The summed E-state index contributed by atoms with van der Waals surface area (Å²) in [7, 11) is 0. The molecule has 1 fully saturated rings. The molecule has 0 spiro atoms. The summed E-state index contributed by atoms with van der Waals surface area (Å²) in [6.07, 6.45) is 2.27. The molecule has 1 saturated heterocycles. The molecule has 0 atom stereocenters. The third-order valence-electron chi connectivity index (χ3n) is 4.19. The average Bonchev–Trinajstić information content (AvgIpc) is 2.41. The minimum atomic E-state index is 0.169. The summed E-state index contributed by atoms with van der Waals surface area (Å²) in [6.45, 7) is 8.38. The number of hydrogen-bond donors (Lipinski definition) is 0. The highest BCUT2D eigenvalue weighted by Gasteiger charge is 2.25. The maximum Gasteiger partial charge on any atom is 0.253 e. The Hall–Kier alpha value is -0.830. The number of hydrogen-bond acceptors (Lipinski definition) is 1. The molecule has 0 aromatic heterocycles. The molecule has 1 aliphatic rings. The van der Waals surface area contributed by atoms with Crippen LogP contribution in [-0.4, -0.2) is 23.9 Å². The SMILES string of the molecule is Cc1ccc(C(=O)N2CCC(C(C)C)CC2)cc1Br. The Morgan fingerprint density at radius 1 is 1.32 bits per heavy atom. The second-order valence-corrected chi connectivity index (χ2v) is 6.69. The van der Waals surface area contributed by atoms with E-state index in [0.29, 0.717) is 0 Å². The number of aryl methyl sites for hydroxylation is 1. The number of benzene rings is 1. The van der Waals surface area contributed by atoms with Crippen LogP contribution in [0.4, 0.5) is 0 Å². The van der Waals surface area contributed by atoms with E-state index < -0.39 is 0 Å². The van der Waals surface area contributed by atoms with Crippen LogP contribution in [0.5, 0.6) is 0 Å². The lowest BCUT2D eigenvalue weighted by molar-refractivity contribution is 0.0667. The molecular weight excluding hydrogens is 302 g/mol. The predicted octanol–water partition coefficient (Wildman–Crippen LogP) is 4.27. The van der Waals surface area contributed by atoms with Gasteiger partial charge < -0.3 is 4.90 Å². The lowest BCUT2D eigenvalue weighted by atomic mass is 9.86. The zero-order valence-corrected chi connectivity index (χ0v) is 13.5. The molecule has 1 aromatic carbocycles. The van der Waals surface area contributed by atoms with Gasteiger partial charge in [0.15, 0.2) is 0 Å². The van der Waals surface area contributed by atoms with E-state index in [2.05, 4.69) is 29.8 Å². The fraction of sp³-hybridized carbons (Fsp3) is 0.562. The minimum Gasteiger partial charge on any atom is -0.339 e. The van der Waals surface area contributed by atoms with E-state index >= 15 is 0 Å². The van der Waals surface area contributed by atoms with Crippen molar-refractivity contribution in [3.05, 3.63) is 33.8 Å². The average molecular weight is 324 g/mol. The molecule has 0 aliphatic carbocycles. The Morgan fingerprint density at radius 3 is 2.47 bits per heavy atom. The summed E-state index contributed by atoms with van der Waals surface area (Å²) in [4.78, 5) is 14.4. The first-order chi connectivity index (χ1) is 8.99. The van der Waals surface area contributed by atoms with Crippen molar-refractivity contribution in [1.29, 1.82) is 0 Å². The first-order valence-corrected chi connectivity index (χ1v) is 7.83. The van der Waals surface area contributed by atoms with Gasteiger partial charge >= 0.3 is 0 Å². The number of amides is 1. The third-order valence-corrected chi connectivity index (χ3v) is 5.04. The first-order valence-electron chi connectivity index (χ1n) is 7.04. The van der Waals surface area contributed by atoms with Crippen molar-refractivity contribution in [2.24, 2.45) is 11.8 Å². The molecule has 1 aromatic rings. The van der Waals surface area contributed by atoms with Crippen LogP contribution in [0.1, 0.15) is 42.6 Å². The fourth-order valence-electron chi connectivity index (χ4n) is 2.68. The maximum absolute atomic E-state index is 12.4. The minimum absolute atomic E-state index is 0.169. The van der Waals surface area contributed by atoms with Crippen LogP contribution in [0.15, 0.2) is 22.7 Å². The normalized spacial score (nSPS) is 17.0. The smallest absolute Gasteiger partial charge is 0.253 e. The Morgan fingerprint density at radius 2 is 1.95 bits per heavy atom. The van der Waals surface area contributed by atoms with Gasteiger partial charge in [-0.15, -0.1) is 0 Å². The Balaban J connectivity index is 2.03. The van der Waals surface area contributed by atoms with Gasteiger partial charge in [-0.3, -0.25) is 4.79 Å². The second kappa shape index (κ2) is 6.08. The van der Waals surface area contributed by atoms with Gasteiger partial charge in [0.25, 0.3) is 5.91 Å². The molecule has 2 nitrogen and oxygen atoms in total. The van der Waals surface area contributed by atoms with Crippen molar-refractivity contribution < 1.29 is 4.79 Å². The van der Waals surface area contributed by atoms with Gasteiger partial charge in [-0.1, -0.05) is 35.8 Å². The van der Waals surface area contributed by atoms with Crippen LogP contribution in [0, 0.1) is 18.8 Å². The van der Waals surface area contributed by atoms with Crippen LogP contribution >= 0.6 is 15.9 Å². The first kappa shape index (κ1) is 14.6. The highest BCUT2D eigenvalue weighted by Crippen LogP contribution is 2.26.